The molecule has 3 rings (SSSR count). The number of benzene rings is 2. The van der Waals surface area contributed by atoms with E-state index in [0.717, 1.165) is 29.8 Å². The van der Waals surface area contributed by atoms with Crippen LogP contribution in [-0.2, 0) is 25.3 Å². The summed E-state index contributed by atoms with van der Waals surface area (Å²) in [4.78, 5) is 1.66. The quantitative estimate of drug-likeness (QED) is 0.635. The Labute approximate surface area is 134 Å². The molecule has 1 nitrogen and oxygen atoms in total. The number of alkyl halides is 6. The Bertz CT molecular complexity index is 747. The van der Waals surface area contributed by atoms with Crippen LogP contribution in [-0.4, -0.2) is 6.54 Å². The number of anilines is 1. The van der Waals surface area contributed by atoms with Gasteiger partial charge in [0.2, 0.25) is 0 Å². The minimum atomic E-state index is -4.45. The number of fused-ring (bicyclic) bond motifs is 1. The predicted molar refractivity (Wildman–Crippen MR) is 77.6 cm³/mol. The van der Waals surface area contributed by atoms with Gasteiger partial charge in [0.1, 0.15) is 0 Å². The summed E-state index contributed by atoms with van der Waals surface area (Å²) in [6.45, 7) is 0.611. The maximum atomic E-state index is 12.8. The van der Waals surface area contributed by atoms with Gasteiger partial charge in [-0.3, -0.25) is 0 Å². The van der Waals surface area contributed by atoms with Crippen LogP contribution in [0.1, 0.15) is 22.3 Å². The van der Waals surface area contributed by atoms with E-state index in [1.807, 2.05) is 0 Å². The summed E-state index contributed by atoms with van der Waals surface area (Å²) in [5.74, 6) is 0. The summed E-state index contributed by atoms with van der Waals surface area (Å²) in [5.41, 5.74) is 0.134. The Balaban J connectivity index is 1.90. The molecule has 1 heterocycles. The van der Waals surface area contributed by atoms with Crippen molar-refractivity contribution >= 4 is 5.69 Å². The highest BCUT2D eigenvalue weighted by Crippen LogP contribution is 2.35. The lowest BCUT2D eigenvalue weighted by Crippen LogP contribution is -2.30. The fourth-order valence-corrected chi connectivity index (χ4v) is 2.83. The van der Waals surface area contributed by atoms with Crippen molar-refractivity contribution in [3.05, 3.63) is 64.7 Å². The van der Waals surface area contributed by atoms with Crippen molar-refractivity contribution in [2.45, 2.75) is 25.3 Å². The Morgan fingerprint density at radius 1 is 0.750 bits per heavy atom. The third-order valence-electron chi connectivity index (χ3n) is 4.08. The van der Waals surface area contributed by atoms with Crippen LogP contribution in [0.4, 0.5) is 32.0 Å². The molecular weight excluding hydrogens is 332 g/mol. The lowest BCUT2D eigenvalue weighted by atomic mass is 9.96. The van der Waals surface area contributed by atoms with Gasteiger partial charge in [0.25, 0.3) is 0 Å². The fraction of sp³-hybridized carbons (Fsp3) is 0.294. The van der Waals surface area contributed by atoms with Crippen molar-refractivity contribution in [3.63, 3.8) is 0 Å². The van der Waals surface area contributed by atoms with Gasteiger partial charge in [0, 0.05) is 18.8 Å². The lowest BCUT2D eigenvalue weighted by molar-refractivity contribution is -0.138. The van der Waals surface area contributed by atoms with Gasteiger partial charge in [-0.25, -0.2) is 0 Å². The monoisotopic (exact) mass is 345 g/mol. The Morgan fingerprint density at radius 3 is 2.08 bits per heavy atom. The Hall–Kier alpha value is -2.18. The van der Waals surface area contributed by atoms with Crippen LogP contribution in [0.2, 0.25) is 0 Å². The molecule has 128 valence electrons. The van der Waals surface area contributed by atoms with E-state index in [-0.39, 0.29) is 6.54 Å². The molecule has 0 aromatic heterocycles. The van der Waals surface area contributed by atoms with Gasteiger partial charge in [-0.15, -0.1) is 0 Å². The van der Waals surface area contributed by atoms with Crippen LogP contribution in [0.15, 0.2) is 42.5 Å². The summed E-state index contributed by atoms with van der Waals surface area (Å²) < 4.78 is 76.9. The SMILES string of the molecule is FC(F)(F)c1cccc(N2CCc3ccc(C(F)(F)F)cc3C2)c1. The molecule has 0 aliphatic carbocycles. The van der Waals surface area contributed by atoms with Crippen molar-refractivity contribution in [2.24, 2.45) is 0 Å². The van der Waals surface area contributed by atoms with E-state index in [1.165, 1.54) is 18.2 Å². The van der Waals surface area contributed by atoms with Crippen molar-refractivity contribution in [1.29, 1.82) is 0 Å². The summed E-state index contributed by atoms with van der Waals surface area (Å²) in [5, 5.41) is 0. The number of hydrogen-bond acceptors (Lipinski definition) is 1. The molecule has 1 aliphatic heterocycles. The van der Waals surface area contributed by atoms with E-state index in [2.05, 4.69) is 0 Å². The summed E-state index contributed by atoms with van der Waals surface area (Å²) >= 11 is 0. The first kappa shape index (κ1) is 16.7. The van der Waals surface area contributed by atoms with Crippen LogP contribution in [0.3, 0.4) is 0 Å². The van der Waals surface area contributed by atoms with Crippen molar-refractivity contribution in [3.8, 4) is 0 Å². The molecule has 0 saturated carbocycles. The average Bonchev–Trinajstić information content (AvgIpc) is 2.52. The van der Waals surface area contributed by atoms with Gasteiger partial charge in [0.15, 0.2) is 0 Å². The number of rotatable bonds is 1. The molecule has 7 heteroatoms. The van der Waals surface area contributed by atoms with Gasteiger partial charge in [-0.2, -0.15) is 26.3 Å². The highest BCUT2D eigenvalue weighted by atomic mass is 19.4. The van der Waals surface area contributed by atoms with Crippen LogP contribution >= 0.6 is 0 Å². The second kappa shape index (κ2) is 5.72. The topological polar surface area (TPSA) is 3.24 Å². The Kier molecular flexibility index (Phi) is 3.97. The zero-order chi connectivity index (χ0) is 17.5. The molecule has 0 spiro atoms. The third kappa shape index (κ3) is 3.34. The third-order valence-corrected chi connectivity index (χ3v) is 4.08. The van der Waals surface area contributed by atoms with Crippen LogP contribution in [0.25, 0.3) is 0 Å². The number of hydrogen-bond donors (Lipinski definition) is 0. The minimum absolute atomic E-state index is 0.153. The summed E-state index contributed by atoms with van der Waals surface area (Å²) in [6.07, 6.45) is -8.40. The first-order valence-electron chi connectivity index (χ1n) is 7.26. The number of halogens is 6. The molecule has 0 atom stereocenters. The van der Waals surface area contributed by atoms with E-state index in [4.69, 9.17) is 0 Å². The maximum absolute atomic E-state index is 12.8. The molecule has 0 amide bonds. The highest BCUT2D eigenvalue weighted by molar-refractivity contribution is 5.52. The first-order valence-corrected chi connectivity index (χ1v) is 7.26. The molecule has 0 N–H and O–H groups in total. The molecule has 24 heavy (non-hydrogen) atoms. The van der Waals surface area contributed by atoms with Crippen molar-refractivity contribution in [2.75, 3.05) is 11.4 Å². The Morgan fingerprint density at radius 2 is 1.42 bits per heavy atom. The van der Waals surface area contributed by atoms with E-state index in [1.54, 1.807) is 4.90 Å². The van der Waals surface area contributed by atoms with Gasteiger partial charge >= 0.3 is 12.4 Å². The minimum Gasteiger partial charge on any atom is -0.367 e. The van der Waals surface area contributed by atoms with Crippen LogP contribution < -0.4 is 4.90 Å². The second-order valence-corrected chi connectivity index (χ2v) is 5.70. The summed E-state index contributed by atoms with van der Waals surface area (Å²) in [7, 11) is 0. The van der Waals surface area contributed by atoms with Gasteiger partial charge in [-0.1, -0.05) is 12.1 Å². The van der Waals surface area contributed by atoms with Gasteiger partial charge < -0.3 is 4.90 Å². The van der Waals surface area contributed by atoms with E-state index in [0.29, 0.717) is 24.2 Å². The molecule has 0 saturated heterocycles. The maximum Gasteiger partial charge on any atom is 0.416 e. The van der Waals surface area contributed by atoms with E-state index < -0.39 is 23.5 Å². The molecule has 2 aromatic carbocycles. The number of nitrogens with zero attached hydrogens (tertiary/aromatic N) is 1. The zero-order valence-corrected chi connectivity index (χ0v) is 12.4. The fourth-order valence-electron chi connectivity index (χ4n) is 2.83. The zero-order valence-electron chi connectivity index (χ0n) is 12.4. The van der Waals surface area contributed by atoms with Crippen LogP contribution in [0.5, 0.6) is 0 Å². The first-order chi connectivity index (χ1) is 11.1. The molecule has 0 radical (unpaired) electrons. The van der Waals surface area contributed by atoms with Crippen molar-refractivity contribution < 1.29 is 26.3 Å². The van der Waals surface area contributed by atoms with Crippen molar-refractivity contribution in [1.82, 2.24) is 0 Å². The lowest BCUT2D eigenvalue weighted by Gasteiger charge is -2.31. The summed E-state index contributed by atoms with van der Waals surface area (Å²) in [6, 6.07) is 8.41. The van der Waals surface area contributed by atoms with Crippen LogP contribution in [0, 0.1) is 0 Å². The van der Waals surface area contributed by atoms with Gasteiger partial charge in [-0.05, 0) is 47.9 Å². The largest absolute Gasteiger partial charge is 0.416 e. The predicted octanol–water partition coefficient (Wildman–Crippen LogP) is 5.29. The standard InChI is InChI=1S/C17H13F6N/c18-16(19,20)13-2-1-3-15(9-13)24-7-6-11-4-5-14(17(21,22)23)8-12(11)10-24/h1-5,8-9H,6-7,10H2. The highest BCUT2D eigenvalue weighted by Gasteiger charge is 2.33. The normalized spacial score (nSPS) is 15.3. The van der Waals surface area contributed by atoms with Gasteiger partial charge in [0.05, 0.1) is 11.1 Å². The van der Waals surface area contributed by atoms with E-state index >= 15 is 0 Å². The second-order valence-electron chi connectivity index (χ2n) is 5.70. The smallest absolute Gasteiger partial charge is 0.367 e. The average molecular weight is 345 g/mol. The molecule has 0 unspecified atom stereocenters. The molecule has 0 bridgehead atoms. The molecule has 0 fully saturated rings. The molecule has 2 aromatic rings. The molecule has 1 aliphatic rings. The van der Waals surface area contributed by atoms with E-state index in [9.17, 15) is 26.3 Å². The molecular formula is C17H13F6N.